The SMILES string of the molecule is CCc1ccncc1-c1c2c3cc(ccc3n1CC)-c1cccc(c1)C[C@H](NC(=O)[C@H](C(C)C)N(C)C(=O)CCN=C=NCCCSC)C(=O)N1CCC[C@H](N1)C(=O)OCC(C)(C)C2. The van der Waals surface area contributed by atoms with Crippen LogP contribution >= 0.6 is 11.8 Å². The van der Waals surface area contributed by atoms with Gasteiger partial charge in [-0.3, -0.25) is 29.2 Å². The van der Waals surface area contributed by atoms with Crippen LogP contribution < -0.4 is 10.7 Å². The molecule has 3 atom stereocenters. The molecule has 1 saturated heterocycles. The predicted molar refractivity (Wildman–Crippen MR) is 256 cm³/mol. The first-order valence-electron chi connectivity index (χ1n) is 22.8. The van der Waals surface area contributed by atoms with Gasteiger partial charge in [0, 0.05) is 67.3 Å². The average Bonchev–Trinajstić information content (AvgIpc) is 3.59. The van der Waals surface area contributed by atoms with Gasteiger partial charge in [0.25, 0.3) is 5.91 Å². The molecule has 2 aliphatic rings. The highest BCUT2D eigenvalue weighted by atomic mass is 32.2. The number of hydrogen-bond acceptors (Lipinski definition) is 10. The van der Waals surface area contributed by atoms with Gasteiger partial charge in [-0.05, 0) is 103 Å². The highest BCUT2D eigenvalue weighted by Gasteiger charge is 2.37. The van der Waals surface area contributed by atoms with Crippen molar-refractivity contribution in [2.45, 2.75) is 111 Å². The van der Waals surface area contributed by atoms with Crippen LogP contribution in [0.2, 0.25) is 0 Å². The number of cyclic esters (lactones) is 1. The molecule has 4 aromatic rings. The second kappa shape index (κ2) is 22.1. The number of rotatable bonds is 14. The number of aryl methyl sites for hydroxylation is 2. The lowest BCUT2D eigenvalue weighted by molar-refractivity contribution is -0.155. The van der Waals surface area contributed by atoms with Gasteiger partial charge < -0.3 is 19.5 Å². The van der Waals surface area contributed by atoms with E-state index in [2.05, 4.69) is 100 Å². The van der Waals surface area contributed by atoms with Crippen LogP contribution in [0.4, 0.5) is 0 Å². The number of pyridine rings is 1. The number of likely N-dealkylation sites (N-methyl/N-ethyl adjacent to an activating group) is 1. The highest BCUT2D eigenvalue weighted by molar-refractivity contribution is 7.98. The molecule has 342 valence electrons. The van der Waals surface area contributed by atoms with Gasteiger partial charge in [-0.2, -0.15) is 11.8 Å². The number of nitrogens with one attached hydrogen (secondary N) is 2. The summed E-state index contributed by atoms with van der Waals surface area (Å²) in [5.41, 5.74) is 11.3. The second-order valence-corrected chi connectivity index (χ2v) is 19.1. The fourth-order valence-corrected chi connectivity index (χ4v) is 9.40. The molecule has 2 N–H and O–H groups in total. The topological polar surface area (TPSA) is 151 Å². The number of esters is 1. The number of hydrazine groups is 1. The molecule has 64 heavy (non-hydrogen) atoms. The van der Waals surface area contributed by atoms with Crippen LogP contribution in [0.15, 0.2) is 70.9 Å². The van der Waals surface area contributed by atoms with Crippen LogP contribution in [-0.2, 0) is 49.7 Å². The Balaban J connectivity index is 1.37. The summed E-state index contributed by atoms with van der Waals surface area (Å²) in [6.45, 7) is 14.4. The smallest absolute Gasteiger partial charge is 0.324 e. The molecular weight excluding hydrogens is 825 g/mol. The average molecular weight is 891 g/mol. The summed E-state index contributed by atoms with van der Waals surface area (Å²) in [5, 5.41) is 5.64. The van der Waals surface area contributed by atoms with E-state index in [0.29, 0.717) is 32.4 Å². The maximum atomic E-state index is 14.6. The fraction of sp³-hybridized carbons (Fsp3) is 0.520. The van der Waals surface area contributed by atoms with Crippen molar-refractivity contribution < 1.29 is 23.9 Å². The molecule has 0 aliphatic carbocycles. The molecule has 0 radical (unpaired) electrons. The normalized spacial score (nSPS) is 18.2. The Hall–Kier alpha value is -5.30. The van der Waals surface area contributed by atoms with Crippen LogP contribution in [0.5, 0.6) is 0 Å². The number of aromatic nitrogens is 2. The van der Waals surface area contributed by atoms with Gasteiger partial charge in [-0.1, -0.05) is 65.0 Å². The van der Waals surface area contributed by atoms with Crippen LogP contribution in [-0.4, -0.2) is 113 Å². The summed E-state index contributed by atoms with van der Waals surface area (Å²) >= 11 is 1.76. The molecule has 1 fully saturated rings. The Bertz CT molecular complexity index is 2370. The van der Waals surface area contributed by atoms with Crippen molar-refractivity contribution in [3.05, 3.63) is 77.6 Å². The zero-order chi connectivity index (χ0) is 46.0. The van der Waals surface area contributed by atoms with E-state index in [4.69, 9.17) is 4.74 Å². The number of ether oxygens (including phenoxy) is 1. The van der Waals surface area contributed by atoms with Crippen molar-refractivity contribution in [1.29, 1.82) is 0 Å². The Morgan fingerprint density at radius 2 is 1.88 bits per heavy atom. The summed E-state index contributed by atoms with van der Waals surface area (Å²) in [6.07, 6.45) is 9.63. The number of carbonyl (C=O) groups is 4. The van der Waals surface area contributed by atoms with E-state index >= 15 is 0 Å². The summed E-state index contributed by atoms with van der Waals surface area (Å²) < 4.78 is 8.48. The van der Waals surface area contributed by atoms with Crippen molar-refractivity contribution in [2.75, 3.05) is 45.3 Å². The van der Waals surface area contributed by atoms with E-state index in [1.54, 1.807) is 18.8 Å². The first-order valence-corrected chi connectivity index (χ1v) is 24.2. The number of thioether (sulfide) groups is 1. The molecule has 2 aromatic heterocycles. The van der Waals surface area contributed by atoms with Crippen LogP contribution in [0.25, 0.3) is 33.3 Å². The number of carbonyl (C=O) groups excluding carboxylic acids is 4. The zero-order valence-electron chi connectivity index (χ0n) is 38.9. The van der Waals surface area contributed by atoms with Gasteiger partial charge in [-0.25, -0.2) is 15.4 Å². The molecule has 6 rings (SSSR count). The van der Waals surface area contributed by atoms with Gasteiger partial charge in [0.05, 0.1) is 31.4 Å². The minimum Gasteiger partial charge on any atom is -0.464 e. The van der Waals surface area contributed by atoms with Crippen LogP contribution in [0.3, 0.4) is 0 Å². The lowest BCUT2D eigenvalue weighted by Crippen LogP contribution is -2.62. The first kappa shape index (κ1) is 48.2. The summed E-state index contributed by atoms with van der Waals surface area (Å²) in [6, 6.07) is 16.8. The minimum atomic E-state index is -1.01. The van der Waals surface area contributed by atoms with Crippen molar-refractivity contribution in [2.24, 2.45) is 21.3 Å². The number of benzene rings is 2. The molecule has 0 spiro atoms. The van der Waals surface area contributed by atoms with Crippen molar-refractivity contribution >= 4 is 52.4 Å². The van der Waals surface area contributed by atoms with Gasteiger partial charge in [-0.15, -0.1) is 0 Å². The molecule has 13 nitrogen and oxygen atoms in total. The van der Waals surface area contributed by atoms with E-state index < -0.39 is 35.4 Å². The number of aliphatic imine (C=N–C) groups is 2. The van der Waals surface area contributed by atoms with Gasteiger partial charge in [0.2, 0.25) is 11.8 Å². The highest BCUT2D eigenvalue weighted by Crippen LogP contribution is 2.41. The van der Waals surface area contributed by atoms with Gasteiger partial charge in [0.15, 0.2) is 0 Å². The third-order valence-corrected chi connectivity index (χ3v) is 12.9. The van der Waals surface area contributed by atoms with Gasteiger partial charge >= 0.3 is 5.97 Å². The molecule has 0 saturated carbocycles. The van der Waals surface area contributed by atoms with E-state index in [0.717, 1.165) is 64.0 Å². The second-order valence-electron chi connectivity index (χ2n) is 18.1. The molecule has 2 aliphatic heterocycles. The lowest BCUT2D eigenvalue weighted by Gasteiger charge is -2.36. The van der Waals surface area contributed by atoms with Gasteiger partial charge in [0.1, 0.15) is 18.1 Å². The van der Waals surface area contributed by atoms with E-state index in [9.17, 15) is 19.2 Å². The Morgan fingerprint density at radius 3 is 2.62 bits per heavy atom. The number of hydrogen-bond donors (Lipinski definition) is 2. The quantitative estimate of drug-likeness (QED) is 0.0756. The Labute approximate surface area is 382 Å². The molecular formula is C50H66N8O5S. The molecule has 0 unspecified atom stereocenters. The lowest BCUT2D eigenvalue weighted by atomic mass is 9.84. The molecule has 2 aromatic carbocycles. The Kier molecular flexibility index (Phi) is 16.6. The molecule has 4 heterocycles. The minimum absolute atomic E-state index is 0.0862. The maximum absolute atomic E-state index is 14.6. The molecule has 3 amide bonds. The Morgan fingerprint density at radius 1 is 1.09 bits per heavy atom. The third-order valence-electron chi connectivity index (χ3n) is 12.3. The number of fused-ring (bicyclic) bond motifs is 6. The van der Waals surface area contributed by atoms with Crippen molar-refractivity contribution in [3.8, 4) is 22.4 Å². The van der Waals surface area contributed by atoms with Crippen LogP contribution in [0.1, 0.15) is 83.9 Å². The summed E-state index contributed by atoms with van der Waals surface area (Å²) in [4.78, 5) is 70.6. The van der Waals surface area contributed by atoms with Crippen molar-refractivity contribution in [1.82, 2.24) is 30.2 Å². The molecule has 6 bridgehead atoms. The summed E-state index contributed by atoms with van der Waals surface area (Å²) in [5.74, 6) is -0.743. The standard InChI is InChI=1S/C50H66N8O5S/c1-9-35-19-22-51-30-40(35)46-39-29-50(5,6)31-63-49(62)41-16-12-24-58(55-41)48(61)42(27-34-14-11-15-36(26-34)37-17-18-43(38(39)28-37)57(46)10-2)54-47(60)45(33(3)4)56(7)44(59)20-23-53-32-52-21-13-25-64-8/h11,14-15,17-19,22,26,28,30,33,41-42,45,55H,9-10,12-13,16,20-21,23-25,27,29,31H2,1-8H3,(H,54,60)/t41-,42-,45-/m0/s1. The van der Waals surface area contributed by atoms with E-state index in [1.807, 2.05) is 44.6 Å². The monoisotopic (exact) mass is 890 g/mol. The number of nitrogens with zero attached hydrogens (tertiary/aromatic N) is 6. The fourth-order valence-electron chi connectivity index (χ4n) is 8.98. The molecule has 14 heteroatoms. The third kappa shape index (κ3) is 11.5. The largest absolute Gasteiger partial charge is 0.464 e. The zero-order valence-corrected chi connectivity index (χ0v) is 39.7. The van der Waals surface area contributed by atoms with E-state index in [-0.39, 0.29) is 43.7 Å². The van der Waals surface area contributed by atoms with Crippen LogP contribution in [0, 0.1) is 11.3 Å². The van der Waals surface area contributed by atoms with E-state index in [1.165, 1.54) is 21.0 Å². The number of amides is 3. The summed E-state index contributed by atoms with van der Waals surface area (Å²) in [7, 11) is 1.62. The predicted octanol–water partition coefficient (Wildman–Crippen LogP) is 7.40. The van der Waals surface area contributed by atoms with Crippen molar-refractivity contribution in [3.63, 3.8) is 0 Å². The maximum Gasteiger partial charge on any atom is 0.324 e. The first-order chi connectivity index (χ1) is 30.8.